The molecule has 6 nitrogen and oxygen atoms in total. The van der Waals surface area contributed by atoms with Gasteiger partial charge in [0.05, 0.1) is 17.1 Å². The van der Waals surface area contributed by atoms with E-state index in [0.717, 1.165) is 95.7 Å². The third-order valence-corrected chi connectivity index (χ3v) is 10.2. The zero-order valence-corrected chi connectivity index (χ0v) is 29.5. The van der Waals surface area contributed by atoms with E-state index < -0.39 is 0 Å². The van der Waals surface area contributed by atoms with Crippen LogP contribution in [0.15, 0.2) is 75.6 Å². The molecule has 0 unspecified atom stereocenters. The molecule has 0 atom stereocenters. The molecule has 49 heavy (non-hydrogen) atoms. The zero-order chi connectivity index (χ0) is 33.9. The van der Waals surface area contributed by atoms with E-state index in [9.17, 15) is 5.26 Å². The predicted molar refractivity (Wildman–Crippen MR) is 205 cm³/mol. The molecule has 0 amide bonds. The number of furan rings is 1. The Balaban J connectivity index is 1.57. The van der Waals surface area contributed by atoms with E-state index >= 15 is 0 Å². The van der Waals surface area contributed by atoms with Gasteiger partial charge in [0.1, 0.15) is 5.58 Å². The van der Waals surface area contributed by atoms with Gasteiger partial charge < -0.3 is 18.3 Å². The quantitative estimate of drug-likeness (QED) is 0.110. The number of hydrogen-bond acceptors (Lipinski definition) is 5. The molecule has 0 aliphatic carbocycles. The van der Waals surface area contributed by atoms with Gasteiger partial charge >= 0.3 is 0 Å². The van der Waals surface area contributed by atoms with Crippen LogP contribution in [-0.4, -0.2) is 22.6 Å². The van der Waals surface area contributed by atoms with E-state index in [1.807, 2.05) is 24.3 Å². The first-order valence-corrected chi connectivity index (χ1v) is 18.6. The number of nitrogens with zero attached hydrogens (tertiary/aromatic N) is 4. The Bertz CT molecular complexity index is 2250. The highest BCUT2D eigenvalue weighted by Crippen LogP contribution is 2.48. The van der Waals surface area contributed by atoms with Crippen LogP contribution >= 0.6 is 0 Å². The molecule has 0 N–H and O–H groups in total. The number of para-hydroxylation sites is 1. The van der Waals surface area contributed by atoms with Crippen molar-refractivity contribution in [1.29, 1.82) is 5.26 Å². The SMILES string of the molecule is CCCCC(CCCC)n1c2ccccc2c2c3c4ccc(N(CCCC)CCCC)cc4oc3c3nc(-c4ccc(C#N)cc4)oc3c21. The first-order valence-electron chi connectivity index (χ1n) is 18.6. The Hall–Kier alpha value is -4.76. The Labute approximate surface area is 289 Å². The topological polar surface area (TPSA) is 71.1 Å². The van der Waals surface area contributed by atoms with Crippen molar-refractivity contribution in [3.05, 3.63) is 72.3 Å². The van der Waals surface area contributed by atoms with E-state index in [2.05, 4.69) is 85.7 Å². The second kappa shape index (κ2) is 14.4. The first-order chi connectivity index (χ1) is 24.1. The van der Waals surface area contributed by atoms with Gasteiger partial charge in [-0.2, -0.15) is 5.26 Å². The second-order valence-corrected chi connectivity index (χ2v) is 13.6. The highest BCUT2D eigenvalue weighted by Gasteiger charge is 2.28. The van der Waals surface area contributed by atoms with Crippen molar-refractivity contribution in [2.75, 3.05) is 18.0 Å². The Kier molecular flexibility index (Phi) is 9.62. The fourth-order valence-corrected chi connectivity index (χ4v) is 7.61. The van der Waals surface area contributed by atoms with Gasteiger partial charge in [0.15, 0.2) is 16.7 Å². The maximum Gasteiger partial charge on any atom is 0.227 e. The van der Waals surface area contributed by atoms with Gasteiger partial charge in [0, 0.05) is 63.5 Å². The Morgan fingerprint density at radius 3 is 2.12 bits per heavy atom. The molecule has 0 fully saturated rings. The average Bonchev–Trinajstić information content (AvgIpc) is 3.84. The minimum Gasteiger partial charge on any atom is -0.454 e. The molecule has 0 aliphatic heterocycles. The van der Waals surface area contributed by atoms with Gasteiger partial charge in [0.25, 0.3) is 0 Å². The summed E-state index contributed by atoms with van der Waals surface area (Å²) >= 11 is 0. The van der Waals surface area contributed by atoms with E-state index in [4.69, 9.17) is 13.8 Å². The van der Waals surface area contributed by atoms with Gasteiger partial charge in [-0.05, 0) is 68.1 Å². The van der Waals surface area contributed by atoms with Crippen LogP contribution in [-0.2, 0) is 0 Å². The summed E-state index contributed by atoms with van der Waals surface area (Å²) in [5, 5.41) is 14.0. The third-order valence-electron chi connectivity index (χ3n) is 10.2. The van der Waals surface area contributed by atoms with Crippen molar-refractivity contribution in [3.63, 3.8) is 0 Å². The summed E-state index contributed by atoms with van der Waals surface area (Å²) in [4.78, 5) is 7.69. The molecule has 0 spiro atoms. The zero-order valence-electron chi connectivity index (χ0n) is 29.5. The normalized spacial score (nSPS) is 12.0. The van der Waals surface area contributed by atoms with Crippen LogP contribution in [0.1, 0.15) is 104 Å². The summed E-state index contributed by atoms with van der Waals surface area (Å²) < 4.78 is 16.3. The number of hydrogen-bond donors (Lipinski definition) is 0. The summed E-state index contributed by atoms with van der Waals surface area (Å²) in [6.07, 6.45) is 11.5. The number of oxazole rings is 1. The number of rotatable bonds is 15. The van der Waals surface area contributed by atoms with Crippen LogP contribution in [0, 0.1) is 11.3 Å². The van der Waals surface area contributed by atoms with E-state index in [1.54, 1.807) is 0 Å². The van der Waals surface area contributed by atoms with Crippen LogP contribution in [0.25, 0.3) is 66.3 Å². The van der Waals surface area contributed by atoms with E-state index in [-0.39, 0.29) is 0 Å². The van der Waals surface area contributed by atoms with Crippen LogP contribution in [0.5, 0.6) is 0 Å². The molecule has 6 heteroatoms. The number of nitriles is 1. The van der Waals surface area contributed by atoms with Crippen LogP contribution in [0.2, 0.25) is 0 Å². The third kappa shape index (κ3) is 5.94. The molecule has 4 aromatic carbocycles. The summed E-state index contributed by atoms with van der Waals surface area (Å²) in [7, 11) is 0. The number of anilines is 1. The summed E-state index contributed by atoms with van der Waals surface area (Å²) in [5.41, 5.74) is 8.17. The van der Waals surface area contributed by atoms with Crippen LogP contribution in [0.4, 0.5) is 5.69 Å². The molecular formula is C43H48N4O2. The Morgan fingerprint density at radius 1 is 0.755 bits per heavy atom. The largest absolute Gasteiger partial charge is 0.454 e. The molecule has 0 radical (unpaired) electrons. The van der Waals surface area contributed by atoms with Crippen LogP contribution < -0.4 is 4.90 Å². The molecule has 7 rings (SSSR count). The molecular weight excluding hydrogens is 604 g/mol. The Morgan fingerprint density at radius 2 is 1.45 bits per heavy atom. The lowest BCUT2D eigenvalue weighted by molar-refractivity contribution is 0.426. The lowest BCUT2D eigenvalue weighted by Crippen LogP contribution is -2.25. The van der Waals surface area contributed by atoms with Crippen molar-refractivity contribution in [2.45, 2.75) is 97.9 Å². The lowest BCUT2D eigenvalue weighted by atomic mass is 10.0. The maximum atomic E-state index is 9.43. The van der Waals surface area contributed by atoms with Gasteiger partial charge in [-0.3, -0.25) is 0 Å². The van der Waals surface area contributed by atoms with Crippen molar-refractivity contribution < 1.29 is 8.83 Å². The molecule has 7 aromatic rings. The van der Waals surface area contributed by atoms with Crippen molar-refractivity contribution in [1.82, 2.24) is 9.55 Å². The summed E-state index contributed by atoms with van der Waals surface area (Å²) in [6, 6.07) is 25.7. The monoisotopic (exact) mass is 652 g/mol. The minimum atomic E-state index is 0.335. The van der Waals surface area contributed by atoms with Crippen LogP contribution in [0.3, 0.4) is 0 Å². The predicted octanol–water partition coefficient (Wildman–Crippen LogP) is 12.7. The van der Waals surface area contributed by atoms with Gasteiger partial charge in [-0.1, -0.05) is 84.4 Å². The standard InChI is InChI=1S/C43H48N4O2/c1-5-9-15-31(16-10-6-2)47-35-18-14-13-17-33(35)37-38-34-24-23-32(46(25-11-7-3)26-12-8-4)27-36(34)48-41(38)39-42(40(37)47)49-43(45-39)30-21-19-29(28-44)20-22-30/h13-14,17-24,27,31H,5-12,15-16,25-26H2,1-4H3. The van der Waals surface area contributed by atoms with Crippen molar-refractivity contribution in [2.24, 2.45) is 0 Å². The van der Waals surface area contributed by atoms with Crippen molar-refractivity contribution >= 4 is 60.5 Å². The molecule has 0 bridgehead atoms. The van der Waals surface area contributed by atoms with Gasteiger partial charge in [0.2, 0.25) is 5.89 Å². The van der Waals surface area contributed by atoms with Gasteiger partial charge in [-0.25, -0.2) is 4.98 Å². The first kappa shape index (κ1) is 32.8. The van der Waals surface area contributed by atoms with Gasteiger partial charge in [-0.15, -0.1) is 0 Å². The van der Waals surface area contributed by atoms with E-state index in [1.165, 1.54) is 47.7 Å². The molecule has 252 valence electrons. The molecule has 3 heterocycles. The number of fused-ring (bicyclic) bond motifs is 10. The molecule has 0 saturated carbocycles. The number of benzene rings is 4. The summed E-state index contributed by atoms with van der Waals surface area (Å²) in [5.74, 6) is 0.537. The smallest absolute Gasteiger partial charge is 0.227 e. The molecule has 0 saturated heterocycles. The average molecular weight is 653 g/mol. The second-order valence-electron chi connectivity index (χ2n) is 13.6. The fourth-order valence-electron chi connectivity index (χ4n) is 7.61. The highest BCUT2D eigenvalue weighted by atomic mass is 16.4. The molecule has 0 aliphatic rings. The highest BCUT2D eigenvalue weighted by molar-refractivity contribution is 6.34. The van der Waals surface area contributed by atoms with Crippen molar-refractivity contribution in [3.8, 4) is 17.5 Å². The number of aromatic nitrogens is 2. The molecule has 3 aromatic heterocycles. The maximum absolute atomic E-state index is 9.43. The summed E-state index contributed by atoms with van der Waals surface area (Å²) in [6.45, 7) is 11.2. The minimum absolute atomic E-state index is 0.335. The number of unbranched alkanes of at least 4 members (excludes halogenated alkanes) is 4. The fraction of sp³-hybridized carbons (Fsp3) is 0.395. The van der Waals surface area contributed by atoms with E-state index in [0.29, 0.717) is 17.5 Å². The lowest BCUT2D eigenvalue weighted by Gasteiger charge is -2.24.